The highest BCUT2D eigenvalue weighted by molar-refractivity contribution is 6.00. The second-order valence-electron chi connectivity index (χ2n) is 5.40. The summed E-state index contributed by atoms with van der Waals surface area (Å²) >= 11 is 0. The van der Waals surface area contributed by atoms with Crippen LogP contribution >= 0.6 is 0 Å². The van der Waals surface area contributed by atoms with Crippen molar-refractivity contribution < 1.29 is 19.4 Å². The van der Waals surface area contributed by atoms with Gasteiger partial charge in [-0.1, -0.05) is 11.6 Å². The monoisotopic (exact) mass is 292 g/mol. The predicted molar refractivity (Wildman–Crippen MR) is 78.8 cm³/mol. The first kappa shape index (κ1) is 15.3. The SMILES string of the molecule is COC1(CNC(=O)Nc2ccc(C)cc2C(=O)O)CCC1. The number of carboxylic acids is 1. The Morgan fingerprint density at radius 3 is 2.62 bits per heavy atom. The first-order chi connectivity index (χ1) is 9.96. The molecule has 1 saturated carbocycles. The molecule has 6 nitrogen and oxygen atoms in total. The maximum Gasteiger partial charge on any atom is 0.337 e. The Kier molecular flexibility index (Phi) is 4.47. The highest BCUT2D eigenvalue weighted by Gasteiger charge is 2.37. The van der Waals surface area contributed by atoms with E-state index in [2.05, 4.69) is 10.6 Å². The normalized spacial score (nSPS) is 15.9. The molecule has 6 heteroatoms. The number of rotatable bonds is 5. The number of carboxylic acid groups (broad SMARTS) is 1. The summed E-state index contributed by atoms with van der Waals surface area (Å²) in [6.07, 6.45) is 2.95. The second-order valence-corrected chi connectivity index (χ2v) is 5.40. The van der Waals surface area contributed by atoms with E-state index in [-0.39, 0.29) is 16.9 Å². The molecule has 0 unspecified atom stereocenters. The van der Waals surface area contributed by atoms with Crippen molar-refractivity contribution >= 4 is 17.7 Å². The molecule has 0 heterocycles. The highest BCUT2D eigenvalue weighted by Crippen LogP contribution is 2.34. The number of carbonyl (C=O) groups excluding carboxylic acids is 1. The number of aromatic carboxylic acids is 1. The van der Waals surface area contributed by atoms with Crippen molar-refractivity contribution in [1.29, 1.82) is 0 Å². The molecule has 0 aliphatic heterocycles. The van der Waals surface area contributed by atoms with Gasteiger partial charge in [-0.3, -0.25) is 0 Å². The Balaban J connectivity index is 1.98. The molecule has 3 N–H and O–H groups in total. The number of urea groups is 1. The van der Waals surface area contributed by atoms with Crippen molar-refractivity contribution in [2.24, 2.45) is 0 Å². The standard InChI is InChI=1S/C15H20N2O4/c1-10-4-5-12(11(8-10)13(18)19)17-14(20)16-9-15(21-2)6-3-7-15/h4-5,8H,3,6-7,9H2,1-2H3,(H,18,19)(H2,16,17,20). The molecular formula is C15H20N2O4. The van der Waals surface area contributed by atoms with Gasteiger partial charge in [0.25, 0.3) is 0 Å². The zero-order valence-corrected chi connectivity index (χ0v) is 12.2. The lowest BCUT2D eigenvalue weighted by Crippen LogP contribution is -2.50. The molecule has 0 spiro atoms. The first-order valence-electron chi connectivity index (χ1n) is 6.90. The van der Waals surface area contributed by atoms with E-state index in [1.807, 2.05) is 0 Å². The van der Waals surface area contributed by atoms with Gasteiger partial charge in [-0.05, 0) is 38.3 Å². The summed E-state index contributed by atoms with van der Waals surface area (Å²) in [4.78, 5) is 23.1. The van der Waals surface area contributed by atoms with Gasteiger partial charge in [0.1, 0.15) is 0 Å². The molecule has 0 saturated heterocycles. The quantitative estimate of drug-likeness (QED) is 0.777. The minimum absolute atomic E-state index is 0.0789. The van der Waals surface area contributed by atoms with Crippen molar-refractivity contribution in [1.82, 2.24) is 5.32 Å². The lowest BCUT2D eigenvalue weighted by Gasteiger charge is -2.40. The fourth-order valence-corrected chi connectivity index (χ4v) is 2.38. The molecule has 0 radical (unpaired) electrons. The van der Waals surface area contributed by atoms with E-state index in [4.69, 9.17) is 9.84 Å². The lowest BCUT2D eigenvalue weighted by atomic mass is 9.80. The summed E-state index contributed by atoms with van der Waals surface area (Å²) in [6, 6.07) is 4.45. The molecule has 2 rings (SSSR count). The molecule has 21 heavy (non-hydrogen) atoms. The van der Waals surface area contributed by atoms with Crippen LogP contribution in [0.2, 0.25) is 0 Å². The van der Waals surface area contributed by atoms with Crippen LogP contribution in [0.4, 0.5) is 10.5 Å². The molecule has 0 bridgehead atoms. The number of amides is 2. The summed E-state index contributed by atoms with van der Waals surface area (Å²) in [6.45, 7) is 2.22. The Labute approximate surface area is 123 Å². The third-order valence-electron chi connectivity index (χ3n) is 3.92. The number of hydrogen-bond donors (Lipinski definition) is 3. The van der Waals surface area contributed by atoms with Crippen LogP contribution in [-0.2, 0) is 4.74 Å². The van der Waals surface area contributed by atoms with Gasteiger partial charge in [-0.2, -0.15) is 0 Å². The molecule has 1 aliphatic carbocycles. The summed E-state index contributed by atoms with van der Waals surface area (Å²) in [5.41, 5.74) is 0.923. The number of hydrogen-bond acceptors (Lipinski definition) is 3. The van der Waals surface area contributed by atoms with Crippen LogP contribution in [0.3, 0.4) is 0 Å². The molecule has 2 amide bonds. The molecule has 114 valence electrons. The summed E-state index contributed by atoms with van der Waals surface area (Å²) in [5.74, 6) is -1.07. The van der Waals surface area contributed by atoms with Crippen molar-refractivity contribution in [2.75, 3.05) is 19.0 Å². The van der Waals surface area contributed by atoms with E-state index in [0.29, 0.717) is 6.54 Å². The van der Waals surface area contributed by atoms with Crippen LogP contribution in [0.15, 0.2) is 18.2 Å². The molecule has 1 aromatic rings. The highest BCUT2D eigenvalue weighted by atomic mass is 16.5. The van der Waals surface area contributed by atoms with E-state index in [1.54, 1.807) is 26.2 Å². The third-order valence-corrected chi connectivity index (χ3v) is 3.92. The summed E-state index contributed by atoms with van der Waals surface area (Å²) < 4.78 is 5.42. The van der Waals surface area contributed by atoms with Crippen LogP contribution in [-0.4, -0.2) is 36.4 Å². The summed E-state index contributed by atoms with van der Waals surface area (Å²) in [5, 5.41) is 14.5. The Morgan fingerprint density at radius 1 is 1.38 bits per heavy atom. The van der Waals surface area contributed by atoms with Crippen LogP contribution in [0.1, 0.15) is 35.2 Å². The second kappa shape index (κ2) is 6.13. The first-order valence-corrected chi connectivity index (χ1v) is 6.90. The van der Waals surface area contributed by atoms with E-state index in [9.17, 15) is 9.59 Å². The van der Waals surface area contributed by atoms with Crippen molar-refractivity contribution in [2.45, 2.75) is 31.8 Å². The van der Waals surface area contributed by atoms with E-state index in [0.717, 1.165) is 24.8 Å². The molecule has 1 fully saturated rings. The number of nitrogens with one attached hydrogen (secondary N) is 2. The van der Waals surface area contributed by atoms with Gasteiger partial charge in [-0.15, -0.1) is 0 Å². The van der Waals surface area contributed by atoms with E-state index < -0.39 is 12.0 Å². The average Bonchev–Trinajstić information content (AvgIpc) is 2.40. The van der Waals surface area contributed by atoms with Gasteiger partial charge in [0, 0.05) is 13.7 Å². The molecule has 0 atom stereocenters. The number of carbonyl (C=O) groups is 2. The third kappa shape index (κ3) is 3.52. The Hall–Kier alpha value is -2.08. The number of methoxy groups -OCH3 is 1. The van der Waals surface area contributed by atoms with Crippen LogP contribution < -0.4 is 10.6 Å². The zero-order valence-electron chi connectivity index (χ0n) is 12.2. The number of aryl methyl sites for hydroxylation is 1. The predicted octanol–water partition coefficient (Wildman–Crippen LogP) is 2.38. The lowest BCUT2D eigenvalue weighted by molar-refractivity contribution is -0.0671. The number of benzene rings is 1. The van der Waals surface area contributed by atoms with Crippen LogP contribution in [0.25, 0.3) is 0 Å². The van der Waals surface area contributed by atoms with Gasteiger partial charge in [0.2, 0.25) is 0 Å². The van der Waals surface area contributed by atoms with Gasteiger partial charge < -0.3 is 20.5 Å². The Morgan fingerprint density at radius 2 is 2.10 bits per heavy atom. The van der Waals surface area contributed by atoms with Gasteiger partial charge in [0.15, 0.2) is 0 Å². The van der Waals surface area contributed by atoms with E-state index in [1.165, 1.54) is 6.07 Å². The number of anilines is 1. The largest absolute Gasteiger partial charge is 0.478 e. The molecule has 1 aromatic carbocycles. The minimum atomic E-state index is -1.07. The molecular weight excluding hydrogens is 272 g/mol. The number of ether oxygens (including phenoxy) is 1. The topological polar surface area (TPSA) is 87.7 Å². The van der Waals surface area contributed by atoms with Gasteiger partial charge >= 0.3 is 12.0 Å². The van der Waals surface area contributed by atoms with Gasteiger partial charge in [-0.25, -0.2) is 9.59 Å². The van der Waals surface area contributed by atoms with Crippen molar-refractivity contribution in [3.05, 3.63) is 29.3 Å². The van der Waals surface area contributed by atoms with Crippen LogP contribution in [0.5, 0.6) is 0 Å². The zero-order chi connectivity index (χ0) is 15.5. The van der Waals surface area contributed by atoms with Gasteiger partial charge in [0.05, 0.1) is 16.9 Å². The maximum atomic E-state index is 11.9. The van der Waals surface area contributed by atoms with E-state index >= 15 is 0 Å². The summed E-state index contributed by atoms with van der Waals surface area (Å²) in [7, 11) is 1.64. The molecule has 0 aromatic heterocycles. The minimum Gasteiger partial charge on any atom is -0.478 e. The maximum absolute atomic E-state index is 11.9. The fourth-order valence-electron chi connectivity index (χ4n) is 2.38. The fraction of sp³-hybridized carbons (Fsp3) is 0.467. The van der Waals surface area contributed by atoms with Crippen molar-refractivity contribution in [3.8, 4) is 0 Å². The molecule has 1 aliphatic rings. The average molecular weight is 292 g/mol. The van der Waals surface area contributed by atoms with Crippen molar-refractivity contribution in [3.63, 3.8) is 0 Å². The Bertz CT molecular complexity index is 547. The van der Waals surface area contributed by atoms with Crippen LogP contribution in [0, 0.1) is 6.92 Å². The smallest absolute Gasteiger partial charge is 0.337 e.